The van der Waals surface area contributed by atoms with Crippen LogP contribution in [0.2, 0.25) is 0 Å². The zero-order valence-corrected chi connectivity index (χ0v) is 21.6. The molecule has 0 N–H and O–H groups in total. The monoisotopic (exact) mass is 481 g/mol. The van der Waals surface area contributed by atoms with Crippen LogP contribution in [0.4, 0.5) is 0 Å². The third-order valence-corrected chi connectivity index (χ3v) is 7.65. The number of rotatable bonds is 8. The van der Waals surface area contributed by atoms with Gasteiger partial charge in [-0.2, -0.15) is 0 Å². The van der Waals surface area contributed by atoms with Crippen molar-refractivity contribution in [1.29, 1.82) is 0 Å². The minimum Gasteiger partial charge on any atom is -0.465 e. The third-order valence-electron chi connectivity index (χ3n) is 7.65. The van der Waals surface area contributed by atoms with Gasteiger partial charge in [0, 0.05) is 82.4 Å². The van der Waals surface area contributed by atoms with Crippen molar-refractivity contribution in [3.63, 3.8) is 0 Å². The zero-order chi connectivity index (χ0) is 24.7. The lowest BCUT2D eigenvalue weighted by atomic mass is 10.0. The number of nitrogens with zero attached hydrogens (tertiary/aromatic N) is 3. The molecule has 4 nitrogen and oxygen atoms in total. The van der Waals surface area contributed by atoms with Crippen LogP contribution in [0.25, 0.3) is 12.2 Å². The predicted molar refractivity (Wildman–Crippen MR) is 151 cm³/mol. The largest absolute Gasteiger partial charge is 0.465 e. The molecule has 1 atom stereocenters. The second-order valence-electron chi connectivity index (χ2n) is 10.1. The number of allylic oxidation sites excluding steroid dienone is 5. The van der Waals surface area contributed by atoms with E-state index in [0.29, 0.717) is 6.04 Å². The summed E-state index contributed by atoms with van der Waals surface area (Å²) < 4.78 is 6.28. The SMILES string of the molecule is C=C/C(=C\C=C\c1ccccc1)CN1CCN2CCN(Cc3c(CC)oc4c3C=CC=CC4)CC2C1. The molecule has 2 aliphatic heterocycles. The Morgan fingerprint density at radius 3 is 2.67 bits per heavy atom. The van der Waals surface area contributed by atoms with E-state index in [0.717, 1.165) is 76.7 Å². The average Bonchev–Trinajstić information content (AvgIpc) is 3.07. The molecule has 0 saturated carbocycles. The first-order valence-electron chi connectivity index (χ1n) is 13.4. The Hall–Kier alpha value is -2.92. The fraction of sp³-hybridized carbons (Fsp3) is 0.375. The highest BCUT2D eigenvalue weighted by Gasteiger charge is 2.33. The molecule has 0 amide bonds. The summed E-state index contributed by atoms with van der Waals surface area (Å²) in [5.41, 5.74) is 5.21. The molecule has 36 heavy (non-hydrogen) atoms. The average molecular weight is 482 g/mol. The molecule has 4 heteroatoms. The van der Waals surface area contributed by atoms with Crippen molar-refractivity contribution in [2.24, 2.45) is 0 Å². The minimum atomic E-state index is 0.575. The Labute approximate surface area is 216 Å². The fourth-order valence-corrected chi connectivity index (χ4v) is 5.68. The van der Waals surface area contributed by atoms with E-state index in [1.54, 1.807) is 0 Å². The van der Waals surface area contributed by atoms with Gasteiger partial charge in [-0.1, -0.05) is 92.4 Å². The lowest BCUT2D eigenvalue weighted by molar-refractivity contribution is 0.0123. The molecule has 3 heterocycles. The van der Waals surface area contributed by atoms with E-state index >= 15 is 0 Å². The van der Waals surface area contributed by atoms with E-state index < -0.39 is 0 Å². The smallest absolute Gasteiger partial charge is 0.115 e. The van der Waals surface area contributed by atoms with Gasteiger partial charge in [0.25, 0.3) is 0 Å². The Bertz CT molecular complexity index is 1150. The van der Waals surface area contributed by atoms with Gasteiger partial charge >= 0.3 is 0 Å². The summed E-state index contributed by atoms with van der Waals surface area (Å²) in [6.07, 6.45) is 19.1. The van der Waals surface area contributed by atoms with Crippen molar-refractivity contribution >= 4 is 12.2 Å². The van der Waals surface area contributed by atoms with Crippen LogP contribution in [0.5, 0.6) is 0 Å². The molecular weight excluding hydrogens is 442 g/mol. The second-order valence-corrected chi connectivity index (χ2v) is 10.1. The number of aryl methyl sites for hydroxylation is 1. The van der Waals surface area contributed by atoms with Crippen LogP contribution in [0.1, 0.15) is 35.1 Å². The Morgan fingerprint density at radius 1 is 1.06 bits per heavy atom. The molecule has 1 unspecified atom stereocenters. The van der Waals surface area contributed by atoms with E-state index in [4.69, 9.17) is 4.42 Å². The lowest BCUT2D eigenvalue weighted by Crippen LogP contribution is -2.61. The van der Waals surface area contributed by atoms with Gasteiger partial charge < -0.3 is 4.42 Å². The van der Waals surface area contributed by atoms with Crippen LogP contribution >= 0.6 is 0 Å². The minimum absolute atomic E-state index is 0.575. The first-order valence-corrected chi connectivity index (χ1v) is 13.4. The maximum atomic E-state index is 6.28. The summed E-state index contributed by atoms with van der Waals surface area (Å²) in [4.78, 5) is 7.94. The quantitative estimate of drug-likeness (QED) is 0.458. The van der Waals surface area contributed by atoms with Crippen LogP contribution in [0, 0.1) is 0 Å². The molecule has 1 aromatic heterocycles. The van der Waals surface area contributed by atoms with E-state index in [9.17, 15) is 0 Å². The molecule has 1 aromatic carbocycles. The number of fused-ring (bicyclic) bond motifs is 2. The van der Waals surface area contributed by atoms with Crippen LogP contribution < -0.4 is 0 Å². The van der Waals surface area contributed by atoms with E-state index in [1.807, 2.05) is 6.08 Å². The Kier molecular flexibility index (Phi) is 8.17. The highest BCUT2D eigenvalue weighted by Crippen LogP contribution is 2.29. The highest BCUT2D eigenvalue weighted by atomic mass is 16.3. The Balaban J connectivity index is 1.21. The summed E-state index contributed by atoms with van der Waals surface area (Å²) in [5, 5.41) is 0. The van der Waals surface area contributed by atoms with Crippen molar-refractivity contribution < 1.29 is 4.42 Å². The zero-order valence-electron chi connectivity index (χ0n) is 21.6. The number of hydrogen-bond acceptors (Lipinski definition) is 4. The Morgan fingerprint density at radius 2 is 1.86 bits per heavy atom. The van der Waals surface area contributed by atoms with Crippen molar-refractivity contribution in [2.75, 3.05) is 45.8 Å². The lowest BCUT2D eigenvalue weighted by Gasteiger charge is -2.47. The molecule has 0 spiro atoms. The maximum Gasteiger partial charge on any atom is 0.115 e. The van der Waals surface area contributed by atoms with Gasteiger partial charge in [0.05, 0.1) is 0 Å². The molecule has 5 rings (SSSR count). The summed E-state index contributed by atoms with van der Waals surface area (Å²) in [7, 11) is 0. The molecule has 2 saturated heterocycles. The van der Waals surface area contributed by atoms with Crippen molar-refractivity contribution in [3.05, 3.63) is 107 Å². The summed E-state index contributed by atoms with van der Waals surface area (Å²) in [6.45, 7) is 15.0. The highest BCUT2D eigenvalue weighted by molar-refractivity contribution is 5.60. The van der Waals surface area contributed by atoms with Gasteiger partial charge in [-0.25, -0.2) is 0 Å². The summed E-state index contributed by atoms with van der Waals surface area (Å²) in [6, 6.07) is 11.0. The van der Waals surface area contributed by atoms with Crippen molar-refractivity contribution in [3.8, 4) is 0 Å². The van der Waals surface area contributed by atoms with Crippen LogP contribution in [-0.2, 0) is 19.4 Å². The topological polar surface area (TPSA) is 22.9 Å². The number of benzene rings is 1. The molecule has 2 fully saturated rings. The standard InChI is InChI=1S/C32H39N3O/c1-3-26(14-11-15-27-12-7-5-8-13-27)22-33-18-20-35-21-19-34(24-28(35)23-33)25-30-29-16-9-6-10-17-32(29)36-31(30)4-2/h3,5-16,28H,1,4,17-25H2,2H3/b15-11+,26-14+. The van der Waals surface area contributed by atoms with Crippen molar-refractivity contribution in [2.45, 2.75) is 32.4 Å². The molecular formula is C32H39N3O. The first kappa shape index (κ1) is 24.8. The molecule has 1 aliphatic carbocycles. The van der Waals surface area contributed by atoms with Crippen LogP contribution in [0.15, 0.2) is 83.4 Å². The van der Waals surface area contributed by atoms with Gasteiger partial charge in [-0.15, -0.1) is 0 Å². The van der Waals surface area contributed by atoms with Crippen LogP contribution in [-0.4, -0.2) is 66.6 Å². The van der Waals surface area contributed by atoms with Gasteiger partial charge in [0.2, 0.25) is 0 Å². The summed E-state index contributed by atoms with van der Waals surface area (Å²) >= 11 is 0. The van der Waals surface area contributed by atoms with E-state index in [2.05, 4.69) is 101 Å². The molecule has 188 valence electrons. The van der Waals surface area contributed by atoms with Gasteiger partial charge in [-0.05, 0) is 11.1 Å². The third kappa shape index (κ3) is 5.89. The number of piperazine rings is 2. The maximum absolute atomic E-state index is 6.28. The van der Waals surface area contributed by atoms with E-state index in [-0.39, 0.29) is 0 Å². The van der Waals surface area contributed by atoms with Gasteiger partial charge in [-0.3, -0.25) is 14.7 Å². The second kappa shape index (κ2) is 11.9. The normalized spacial score (nSPS) is 21.5. The van der Waals surface area contributed by atoms with E-state index in [1.165, 1.54) is 22.3 Å². The molecule has 0 bridgehead atoms. The molecule has 2 aromatic rings. The van der Waals surface area contributed by atoms with Crippen molar-refractivity contribution in [1.82, 2.24) is 14.7 Å². The summed E-state index contributed by atoms with van der Waals surface area (Å²) in [5.74, 6) is 2.29. The van der Waals surface area contributed by atoms with Crippen LogP contribution in [0.3, 0.4) is 0 Å². The fourth-order valence-electron chi connectivity index (χ4n) is 5.68. The number of furan rings is 1. The van der Waals surface area contributed by atoms with Gasteiger partial charge in [0.15, 0.2) is 0 Å². The first-order chi connectivity index (χ1) is 17.7. The predicted octanol–water partition coefficient (Wildman–Crippen LogP) is 5.60. The molecule has 0 radical (unpaired) electrons. The number of hydrogen-bond donors (Lipinski definition) is 0. The van der Waals surface area contributed by atoms with Gasteiger partial charge in [0.1, 0.15) is 11.5 Å². The molecule has 3 aliphatic rings.